The van der Waals surface area contributed by atoms with Crippen molar-refractivity contribution in [1.29, 1.82) is 0 Å². The SMILES string of the molecule is Cc1cc(N2CC3CN(Cc4ccn(C)c(=O)c4)CC3C2)ncn1. The molecule has 0 amide bonds. The summed E-state index contributed by atoms with van der Waals surface area (Å²) in [6.07, 6.45) is 3.51. The molecular weight excluding hydrogens is 302 g/mol. The number of pyridine rings is 1. The van der Waals surface area contributed by atoms with E-state index in [2.05, 4.69) is 25.8 Å². The van der Waals surface area contributed by atoms with Gasteiger partial charge in [-0.3, -0.25) is 9.69 Å². The highest BCUT2D eigenvalue weighted by atomic mass is 16.1. The van der Waals surface area contributed by atoms with Gasteiger partial charge in [0.2, 0.25) is 0 Å². The predicted molar refractivity (Wildman–Crippen MR) is 92.9 cm³/mol. The standard InChI is InChI=1S/C18H23N5O/c1-13-5-17(20-12-19-13)23-10-15-8-22(9-16(15)11-23)7-14-3-4-21(2)18(24)6-14/h3-6,12,15-16H,7-11H2,1-2H3. The van der Waals surface area contributed by atoms with Gasteiger partial charge in [-0.1, -0.05) is 0 Å². The molecule has 6 heteroatoms. The van der Waals surface area contributed by atoms with Gasteiger partial charge in [0.15, 0.2) is 0 Å². The topological polar surface area (TPSA) is 54.3 Å². The Hall–Kier alpha value is -2.21. The zero-order valence-corrected chi connectivity index (χ0v) is 14.2. The number of hydrogen-bond donors (Lipinski definition) is 0. The summed E-state index contributed by atoms with van der Waals surface area (Å²) >= 11 is 0. The fourth-order valence-corrected chi connectivity index (χ4v) is 3.97. The molecule has 0 N–H and O–H groups in total. The average molecular weight is 325 g/mol. The largest absolute Gasteiger partial charge is 0.356 e. The molecule has 2 fully saturated rings. The van der Waals surface area contributed by atoms with E-state index < -0.39 is 0 Å². The lowest BCUT2D eigenvalue weighted by atomic mass is 10.0. The highest BCUT2D eigenvalue weighted by Gasteiger charge is 2.40. The van der Waals surface area contributed by atoms with Crippen LogP contribution in [0.15, 0.2) is 35.5 Å². The quantitative estimate of drug-likeness (QED) is 0.844. The molecule has 0 aromatic carbocycles. The molecule has 0 aliphatic carbocycles. The second-order valence-electron chi connectivity index (χ2n) is 7.12. The van der Waals surface area contributed by atoms with Gasteiger partial charge in [0.25, 0.3) is 5.56 Å². The van der Waals surface area contributed by atoms with Crippen molar-refractivity contribution in [3.05, 3.63) is 52.3 Å². The number of likely N-dealkylation sites (tertiary alicyclic amines) is 1. The van der Waals surface area contributed by atoms with Crippen LogP contribution in [0.5, 0.6) is 0 Å². The molecule has 2 atom stereocenters. The van der Waals surface area contributed by atoms with E-state index in [1.54, 1.807) is 24.0 Å². The Morgan fingerprint density at radius 1 is 1.12 bits per heavy atom. The summed E-state index contributed by atoms with van der Waals surface area (Å²) in [5.41, 5.74) is 2.20. The molecular formula is C18H23N5O. The Morgan fingerprint density at radius 2 is 1.88 bits per heavy atom. The van der Waals surface area contributed by atoms with E-state index >= 15 is 0 Å². The molecule has 0 saturated carbocycles. The van der Waals surface area contributed by atoms with Gasteiger partial charge in [0.05, 0.1) is 0 Å². The smallest absolute Gasteiger partial charge is 0.250 e. The van der Waals surface area contributed by atoms with Crippen LogP contribution in [0.4, 0.5) is 5.82 Å². The third-order valence-corrected chi connectivity index (χ3v) is 5.25. The van der Waals surface area contributed by atoms with Crippen molar-refractivity contribution in [3.63, 3.8) is 0 Å². The molecule has 4 heterocycles. The highest BCUT2D eigenvalue weighted by Crippen LogP contribution is 2.33. The minimum atomic E-state index is 0.0668. The molecule has 0 bridgehead atoms. The molecule has 2 saturated heterocycles. The van der Waals surface area contributed by atoms with E-state index in [1.807, 2.05) is 19.2 Å². The summed E-state index contributed by atoms with van der Waals surface area (Å²) in [4.78, 5) is 25.2. The van der Waals surface area contributed by atoms with Crippen molar-refractivity contribution in [1.82, 2.24) is 19.4 Å². The van der Waals surface area contributed by atoms with Crippen molar-refractivity contribution in [3.8, 4) is 0 Å². The van der Waals surface area contributed by atoms with Gasteiger partial charge in [0, 0.05) is 63.8 Å². The number of rotatable bonds is 3. The van der Waals surface area contributed by atoms with Crippen LogP contribution < -0.4 is 10.5 Å². The van der Waals surface area contributed by atoms with Crippen LogP contribution in [0.3, 0.4) is 0 Å². The van der Waals surface area contributed by atoms with Gasteiger partial charge in [-0.15, -0.1) is 0 Å². The minimum absolute atomic E-state index is 0.0668. The number of anilines is 1. The fourth-order valence-electron chi connectivity index (χ4n) is 3.97. The second kappa shape index (κ2) is 6.02. The molecule has 126 valence electrons. The summed E-state index contributed by atoms with van der Waals surface area (Å²) < 4.78 is 1.61. The Morgan fingerprint density at radius 3 is 2.54 bits per heavy atom. The molecule has 2 aliphatic rings. The molecule has 0 spiro atoms. The van der Waals surface area contributed by atoms with E-state index in [9.17, 15) is 4.79 Å². The summed E-state index contributed by atoms with van der Waals surface area (Å²) in [5.74, 6) is 2.42. The van der Waals surface area contributed by atoms with Crippen molar-refractivity contribution >= 4 is 5.82 Å². The molecule has 24 heavy (non-hydrogen) atoms. The van der Waals surface area contributed by atoms with Crippen molar-refractivity contribution < 1.29 is 0 Å². The molecule has 2 aromatic heterocycles. The second-order valence-corrected chi connectivity index (χ2v) is 7.12. The number of fused-ring (bicyclic) bond motifs is 1. The number of hydrogen-bond acceptors (Lipinski definition) is 5. The summed E-state index contributed by atoms with van der Waals surface area (Å²) in [7, 11) is 1.79. The highest BCUT2D eigenvalue weighted by molar-refractivity contribution is 5.40. The van der Waals surface area contributed by atoms with Crippen LogP contribution in [0.2, 0.25) is 0 Å². The van der Waals surface area contributed by atoms with Crippen molar-refractivity contribution in [2.75, 3.05) is 31.1 Å². The first-order valence-corrected chi connectivity index (χ1v) is 8.50. The maximum absolute atomic E-state index is 11.8. The van der Waals surface area contributed by atoms with E-state index in [-0.39, 0.29) is 5.56 Å². The van der Waals surface area contributed by atoms with Crippen LogP contribution in [0.25, 0.3) is 0 Å². The van der Waals surface area contributed by atoms with Crippen LogP contribution in [-0.2, 0) is 13.6 Å². The van der Waals surface area contributed by atoms with Crippen molar-refractivity contribution in [2.24, 2.45) is 18.9 Å². The number of aromatic nitrogens is 3. The van der Waals surface area contributed by atoms with Gasteiger partial charge >= 0.3 is 0 Å². The van der Waals surface area contributed by atoms with E-state index in [1.165, 1.54) is 0 Å². The average Bonchev–Trinajstić information content (AvgIpc) is 3.09. The van der Waals surface area contributed by atoms with E-state index in [0.29, 0.717) is 11.8 Å². The molecule has 2 aliphatic heterocycles. The first-order chi connectivity index (χ1) is 11.6. The van der Waals surface area contributed by atoms with Gasteiger partial charge < -0.3 is 9.47 Å². The Balaban J connectivity index is 1.39. The molecule has 0 radical (unpaired) electrons. The Bertz CT molecular complexity index is 788. The number of nitrogens with zero attached hydrogens (tertiary/aromatic N) is 5. The summed E-state index contributed by atoms with van der Waals surface area (Å²) in [6.45, 7) is 7.20. The minimum Gasteiger partial charge on any atom is -0.356 e. The maximum atomic E-state index is 11.8. The molecule has 2 aromatic rings. The van der Waals surface area contributed by atoms with Crippen LogP contribution in [0.1, 0.15) is 11.3 Å². The fraction of sp³-hybridized carbons (Fsp3) is 0.500. The first-order valence-electron chi connectivity index (χ1n) is 8.50. The molecule has 4 rings (SSSR count). The van der Waals surface area contributed by atoms with Gasteiger partial charge in [-0.05, 0) is 30.4 Å². The normalized spacial score (nSPS) is 23.7. The summed E-state index contributed by atoms with van der Waals surface area (Å²) in [6, 6.07) is 5.87. The van der Waals surface area contributed by atoms with Crippen LogP contribution in [-0.4, -0.2) is 45.6 Å². The van der Waals surface area contributed by atoms with E-state index in [4.69, 9.17) is 0 Å². The first kappa shape index (κ1) is 15.3. The van der Waals surface area contributed by atoms with E-state index in [0.717, 1.165) is 49.8 Å². The maximum Gasteiger partial charge on any atom is 0.250 e. The van der Waals surface area contributed by atoms with Gasteiger partial charge in [-0.2, -0.15) is 0 Å². The lowest BCUT2D eigenvalue weighted by Crippen LogP contribution is -2.29. The van der Waals surface area contributed by atoms with Crippen molar-refractivity contribution in [2.45, 2.75) is 13.5 Å². The lowest BCUT2D eigenvalue weighted by Gasteiger charge is -2.22. The lowest BCUT2D eigenvalue weighted by molar-refractivity contribution is 0.308. The van der Waals surface area contributed by atoms with Gasteiger partial charge in [0.1, 0.15) is 12.1 Å². The zero-order chi connectivity index (χ0) is 16.7. The Labute approximate surface area is 141 Å². The number of aryl methyl sites for hydroxylation is 2. The Kier molecular flexibility index (Phi) is 3.84. The van der Waals surface area contributed by atoms with Crippen LogP contribution >= 0.6 is 0 Å². The monoisotopic (exact) mass is 325 g/mol. The molecule has 2 unspecified atom stereocenters. The third kappa shape index (κ3) is 2.94. The van der Waals surface area contributed by atoms with Crippen LogP contribution in [0, 0.1) is 18.8 Å². The van der Waals surface area contributed by atoms with Gasteiger partial charge in [-0.25, -0.2) is 9.97 Å². The summed E-state index contributed by atoms with van der Waals surface area (Å²) in [5, 5.41) is 0. The predicted octanol–water partition coefficient (Wildman–Crippen LogP) is 1.05. The third-order valence-electron chi connectivity index (χ3n) is 5.25. The zero-order valence-electron chi connectivity index (χ0n) is 14.2. The molecule has 6 nitrogen and oxygen atoms in total.